The zero-order chi connectivity index (χ0) is 19.8. The normalized spacial score (nSPS) is 14.4. The van der Waals surface area contributed by atoms with Crippen molar-refractivity contribution in [3.05, 3.63) is 29.3 Å². The van der Waals surface area contributed by atoms with Crippen LogP contribution >= 0.6 is 0 Å². The number of benzene rings is 1. The van der Waals surface area contributed by atoms with Crippen LogP contribution in [0.25, 0.3) is 0 Å². The number of amides is 2. The second-order valence-electron chi connectivity index (χ2n) is 7.19. The summed E-state index contributed by atoms with van der Waals surface area (Å²) in [5.41, 5.74) is 3.87. The Hall–Kier alpha value is -2.08. The first-order valence-corrected chi connectivity index (χ1v) is 9.77. The van der Waals surface area contributed by atoms with E-state index in [9.17, 15) is 9.59 Å². The van der Waals surface area contributed by atoms with E-state index in [1.54, 1.807) is 18.9 Å². The van der Waals surface area contributed by atoms with Crippen LogP contribution in [0.5, 0.6) is 0 Å². The minimum atomic E-state index is 0.0126. The number of carbonyl (C=O) groups excluding carboxylic acids is 2. The minimum absolute atomic E-state index is 0.0126. The zero-order valence-electron chi connectivity index (χ0n) is 17.2. The zero-order valence-corrected chi connectivity index (χ0v) is 17.2. The van der Waals surface area contributed by atoms with Crippen molar-refractivity contribution >= 4 is 17.5 Å². The van der Waals surface area contributed by atoms with Crippen LogP contribution in [-0.4, -0.2) is 74.6 Å². The fourth-order valence-corrected chi connectivity index (χ4v) is 3.49. The standard InChI is InChI=1S/C21H33N3O3/c1-17-7-5-8-20(18(17)2)23-12-14-24(15-13-23)21(26)9-11-22(19(3)25)10-6-16-27-4/h5,7-8H,6,9-16H2,1-4H3. The van der Waals surface area contributed by atoms with Gasteiger partial charge in [0.05, 0.1) is 0 Å². The van der Waals surface area contributed by atoms with E-state index in [4.69, 9.17) is 4.74 Å². The summed E-state index contributed by atoms with van der Waals surface area (Å²) in [7, 11) is 1.65. The quantitative estimate of drug-likeness (QED) is 0.654. The van der Waals surface area contributed by atoms with Gasteiger partial charge in [0.1, 0.15) is 0 Å². The highest BCUT2D eigenvalue weighted by atomic mass is 16.5. The lowest BCUT2D eigenvalue weighted by Crippen LogP contribution is -2.49. The van der Waals surface area contributed by atoms with Crippen LogP contribution in [0.1, 0.15) is 30.9 Å². The van der Waals surface area contributed by atoms with E-state index >= 15 is 0 Å². The summed E-state index contributed by atoms with van der Waals surface area (Å²) in [5, 5.41) is 0. The molecule has 1 fully saturated rings. The van der Waals surface area contributed by atoms with E-state index < -0.39 is 0 Å². The Morgan fingerprint density at radius 2 is 1.81 bits per heavy atom. The predicted octanol–water partition coefficient (Wildman–Crippen LogP) is 2.23. The van der Waals surface area contributed by atoms with Crippen LogP contribution in [0.3, 0.4) is 0 Å². The Bertz CT molecular complexity index is 640. The topological polar surface area (TPSA) is 53.1 Å². The van der Waals surface area contributed by atoms with Gasteiger partial charge in [-0.15, -0.1) is 0 Å². The van der Waals surface area contributed by atoms with Crippen LogP contribution in [0.2, 0.25) is 0 Å². The number of piperazine rings is 1. The van der Waals surface area contributed by atoms with Crippen molar-refractivity contribution in [2.45, 2.75) is 33.6 Å². The van der Waals surface area contributed by atoms with E-state index in [1.165, 1.54) is 16.8 Å². The second kappa shape index (κ2) is 10.3. The van der Waals surface area contributed by atoms with Crippen molar-refractivity contribution in [2.75, 3.05) is 57.9 Å². The number of hydrogen-bond acceptors (Lipinski definition) is 4. The third kappa shape index (κ3) is 5.96. The Kier molecular flexibility index (Phi) is 8.10. The molecule has 0 aliphatic carbocycles. The molecule has 6 nitrogen and oxygen atoms in total. The maximum absolute atomic E-state index is 12.6. The van der Waals surface area contributed by atoms with Gasteiger partial charge < -0.3 is 19.4 Å². The summed E-state index contributed by atoms with van der Waals surface area (Å²) in [6, 6.07) is 6.38. The maximum Gasteiger partial charge on any atom is 0.224 e. The molecule has 0 aromatic heterocycles. The second-order valence-corrected chi connectivity index (χ2v) is 7.19. The molecule has 1 aromatic rings. The van der Waals surface area contributed by atoms with Gasteiger partial charge in [-0.25, -0.2) is 0 Å². The van der Waals surface area contributed by atoms with E-state index in [0.717, 1.165) is 32.6 Å². The van der Waals surface area contributed by atoms with E-state index in [1.807, 2.05) is 4.90 Å². The third-order valence-electron chi connectivity index (χ3n) is 5.37. The molecule has 0 spiro atoms. The van der Waals surface area contributed by atoms with Gasteiger partial charge in [-0.3, -0.25) is 9.59 Å². The molecule has 0 unspecified atom stereocenters. The van der Waals surface area contributed by atoms with E-state index in [0.29, 0.717) is 26.1 Å². The molecular weight excluding hydrogens is 342 g/mol. The molecule has 6 heteroatoms. The molecule has 1 aliphatic rings. The van der Waals surface area contributed by atoms with Gasteiger partial charge in [-0.2, -0.15) is 0 Å². The largest absolute Gasteiger partial charge is 0.385 e. The highest BCUT2D eigenvalue weighted by Gasteiger charge is 2.23. The van der Waals surface area contributed by atoms with Gasteiger partial charge in [-0.05, 0) is 37.5 Å². The number of carbonyl (C=O) groups is 2. The van der Waals surface area contributed by atoms with Gasteiger partial charge in [0.25, 0.3) is 0 Å². The molecule has 0 saturated carbocycles. The van der Waals surface area contributed by atoms with Crippen molar-refractivity contribution in [1.82, 2.24) is 9.80 Å². The maximum atomic E-state index is 12.6. The number of methoxy groups -OCH3 is 1. The van der Waals surface area contributed by atoms with Crippen LogP contribution in [0.15, 0.2) is 18.2 Å². The molecule has 1 heterocycles. The minimum Gasteiger partial charge on any atom is -0.385 e. The molecule has 1 aliphatic heterocycles. The molecule has 0 atom stereocenters. The first-order valence-electron chi connectivity index (χ1n) is 9.77. The first kappa shape index (κ1) is 21.2. The van der Waals surface area contributed by atoms with Gasteiger partial charge in [0.2, 0.25) is 11.8 Å². The fraction of sp³-hybridized carbons (Fsp3) is 0.619. The van der Waals surface area contributed by atoms with Crippen molar-refractivity contribution in [3.8, 4) is 0 Å². The Morgan fingerprint density at radius 3 is 2.44 bits per heavy atom. The van der Waals surface area contributed by atoms with Gasteiger partial charge in [-0.1, -0.05) is 12.1 Å². The number of hydrogen-bond donors (Lipinski definition) is 0. The smallest absolute Gasteiger partial charge is 0.224 e. The number of aryl methyl sites for hydroxylation is 1. The summed E-state index contributed by atoms with van der Waals surface area (Å²) in [6.45, 7) is 10.7. The lowest BCUT2D eigenvalue weighted by molar-refractivity contribution is -0.133. The summed E-state index contributed by atoms with van der Waals surface area (Å²) in [5.74, 6) is 0.146. The number of nitrogens with zero attached hydrogens (tertiary/aromatic N) is 3. The van der Waals surface area contributed by atoms with Gasteiger partial charge in [0, 0.05) is 72.0 Å². The molecule has 0 bridgehead atoms. The number of rotatable bonds is 8. The fourth-order valence-electron chi connectivity index (χ4n) is 3.49. The molecule has 150 valence electrons. The molecular formula is C21H33N3O3. The van der Waals surface area contributed by atoms with Crippen LogP contribution in [-0.2, 0) is 14.3 Å². The molecule has 0 N–H and O–H groups in total. The van der Waals surface area contributed by atoms with E-state index in [2.05, 4.69) is 36.9 Å². The highest BCUT2D eigenvalue weighted by molar-refractivity contribution is 5.78. The average molecular weight is 376 g/mol. The first-order chi connectivity index (χ1) is 12.9. The summed E-state index contributed by atoms with van der Waals surface area (Å²) in [6.07, 6.45) is 1.18. The Balaban J connectivity index is 1.82. The molecule has 2 rings (SSSR count). The van der Waals surface area contributed by atoms with Gasteiger partial charge in [0.15, 0.2) is 0 Å². The SMILES string of the molecule is COCCCN(CCC(=O)N1CCN(c2cccc(C)c2C)CC1)C(C)=O. The Morgan fingerprint density at radius 1 is 1.11 bits per heavy atom. The monoisotopic (exact) mass is 375 g/mol. The lowest BCUT2D eigenvalue weighted by atomic mass is 10.1. The van der Waals surface area contributed by atoms with E-state index in [-0.39, 0.29) is 11.8 Å². The molecule has 27 heavy (non-hydrogen) atoms. The number of ether oxygens (including phenoxy) is 1. The highest BCUT2D eigenvalue weighted by Crippen LogP contribution is 2.24. The molecule has 2 amide bonds. The van der Waals surface area contributed by atoms with Crippen molar-refractivity contribution in [1.29, 1.82) is 0 Å². The lowest BCUT2D eigenvalue weighted by Gasteiger charge is -2.37. The third-order valence-corrected chi connectivity index (χ3v) is 5.37. The molecule has 0 radical (unpaired) electrons. The van der Waals surface area contributed by atoms with Gasteiger partial charge >= 0.3 is 0 Å². The van der Waals surface area contributed by atoms with Crippen molar-refractivity contribution in [3.63, 3.8) is 0 Å². The summed E-state index contributed by atoms with van der Waals surface area (Å²) < 4.78 is 5.04. The Labute approximate surface area is 163 Å². The van der Waals surface area contributed by atoms with Crippen molar-refractivity contribution < 1.29 is 14.3 Å². The molecule has 1 saturated heterocycles. The van der Waals surface area contributed by atoms with Crippen LogP contribution in [0.4, 0.5) is 5.69 Å². The van der Waals surface area contributed by atoms with Crippen molar-refractivity contribution in [2.24, 2.45) is 0 Å². The van der Waals surface area contributed by atoms with Crippen LogP contribution < -0.4 is 4.90 Å². The number of anilines is 1. The molecule has 1 aromatic carbocycles. The van der Waals surface area contributed by atoms with Crippen LogP contribution in [0, 0.1) is 13.8 Å². The predicted molar refractivity (Wildman–Crippen MR) is 108 cm³/mol. The average Bonchev–Trinajstić information content (AvgIpc) is 2.66. The summed E-state index contributed by atoms with van der Waals surface area (Å²) in [4.78, 5) is 30.3. The summed E-state index contributed by atoms with van der Waals surface area (Å²) >= 11 is 0.